The molecule has 0 spiro atoms. The number of methoxy groups -OCH3 is 1. The number of ether oxygens (including phenoxy) is 1. The van der Waals surface area contributed by atoms with Crippen LogP contribution in [0.25, 0.3) is 11.3 Å². The number of fused-ring (bicyclic) bond motifs is 1. The van der Waals surface area contributed by atoms with Crippen molar-refractivity contribution in [1.82, 2.24) is 9.78 Å². The van der Waals surface area contributed by atoms with Gasteiger partial charge in [-0.3, -0.25) is 4.79 Å². The lowest BCUT2D eigenvalue weighted by Gasteiger charge is -2.26. The first-order valence-electron chi connectivity index (χ1n) is 9.53. The number of carbonyl (C=O) groups is 2. The summed E-state index contributed by atoms with van der Waals surface area (Å²) < 4.78 is 20.8. The molecule has 0 unspecified atom stereocenters. The molecule has 1 aliphatic rings. The molecule has 160 valence electrons. The molecule has 6 nitrogen and oxygen atoms in total. The van der Waals surface area contributed by atoms with Gasteiger partial charge in [-0.2, -0.15) is 9.78 Å². The number of hydrogen-bond donors (Lipinski definition) is 0. The molecule has 3 aromatic rings. The SMILES string of the molecule is COC(=O)c1ccc(-c2nn(C(=O)c3c(Cl)cccc3Cl)c3c2CCCN3C)c(F)c1. The second-order valence-electron chi connectivity index (χ2n) is 7.18. The number of hydrogen-bond acceptors (Lipinski definition) is 5. The Morgan fingerprint density at radius 3 is 2.52 bits per heavy atom. The highest BCUT2D eigenvalue weighted by atomic mass is 35.5. The largest absolute Gasteiger partial charge is 0.465 e. The minimum Gasteiger partial charge on any atom is -0.465 e. The summed E-state index contributed by atoms with van der Waals surface area (Å²) in [7, 11) is 3.08. The van der Waals surface area contributed by atoms with Crippen LogP contribution < -0.4 is 4.90 Å². The van der Waals surface area contributed by atoms with Gasteiger partial charge in [0.15, 0.2) is 0 Å². The first-order valence-corrected chi connectivity index (χ1v) is 10.3. The summed E-state index contributed by atoms with van der Waals surface area (Å²) in [5.74, 6) is -1.20. The fraction of sp³-hybridized carbons (Fsp3) is 0.227. The van der Waals surface area contributed by atoms with Gasteiger partial charge < -0.3 is 9.64 Å². The van der Waals surface area contributed by atoms with E-state index < -0.39 is 17.7 Å². The topological polar surface area (TPSA) is 64.4 Å². The molecule has 0 amide bonds. The lowest BCUT2D eigenvalue weighted by molar-refractivity contribution is 0.0600. The lowest BCUT2D eigenvalue weighted by atomic mass is 9.99. The first kappa shape index (κ1) is 21.3. The summed E-state index contributed by atoms with van der Waals surface area (Å²) in [6.07, 6.45) is 1.45. The Bertz CT molecular complexity index is 1190. The average molecular weight is 462 g/mol. The van der Waals surface area contributed by atoms with Gasteiger partial charge in [0.05, 0.1) is 28.3 Å². The molecule has 1 aromatic heterocycles. The molecular formula is C22H18Cl2FN3O3. The Labute approximate surface area is 188 Å². The van der Waals surface area contributed by atoms with Gasteiger partial charge in [-0.15, -0.1) is 0 Å². The number of carbonyl (C=O) groups excluding carboxylic acids is 2. The average Bonchev–Trinajstić information content (AvgIpc) is 3.13. The molecule has 0 saturated heterocycles. The Hall–Kier alpha value is -2.90. The van der Waals surface area contributed by atoms with Crippen molar-refractivity contribution >= 4 is 40.9 Å². The van der Waals surface area contributed by atoms with Crippen molar-refractivity contribution in [3.05, 3.63) is 69.0 Å². The highest BCUT2D eigenvalue weighted by Gasteiger charge is 2.31. The van der Waals surface area contributed by atoms with Crippen molar-refractivity contribution in [3.63, 3.8) is 0 Å². The van der Waals surface area contributed by atoms with Crippen molar-refractivity contribution in [3.8, 4) is 11.3 Å². The van der Waals surface area contributed by atoms with Gasteiger partial charge in [0.1, 0.15) is 17.3 Å². The lowest BCUT2D eigenvalue weighted by Crippen LogP contribution is -2.29. The Balaban J connectivity index is 1.89. The smallest absolute Gasteiger partial charge is 0.337 e. The van der Waals surface area contributed by atoms with E-state index in [4.69, 9.17) is 23.2 Å². The molecular weight excluding hydrogens is 444 g/mol. The normalized spacial score (nSPS) is 13.1. The fourth-order valence-corrected chi connectivity index (χ4v) is 4.34. The zero-order chi connectivity index (χ0) is 22.3. The van der Waals surface area contributed by atoms with E-state index in [2.05, 4.69) is 9.84 Å². The van der Waals surface area contributed by atoms with Crippen molar-refractivity contribution in [2.24, 2.45) is 0 Å². The second-order valence-corrected chi connectivity index (χ2v) is 7.99. The van der Waals surface area contributed by atoms with Gasteiger partial charge in [-0.25, -0.2) is 9.18 Å². The van der Waals surface area contributed by atoms with Gasteiger partial charge in [-0.05, 0) is 43.2 Å². The van der Waals surface area contributed by atoms with Gasteiger partial charge in [0.2, 0.25) is 0 Å². The van der Waals surface area contributed by atoms with E-state index >= 15 is 0 Å². The maximum atomic E-state index is 15.0. The van der Waals surface area contributed by atoms with Crippen LogP contribution >= 0.6 is 23.2 Å². The first-order chi connectivity index (χ1) is 14.8. The molecule has 0 saturated carbocycles. The summed E-state index contributed by atoms with van der Waals surface area (Å²) in [6.45, 7) is 0.714. The number of halogens is 3. The predicted octanol–water partition coefficient (Wildman–Crippen LogP) is 4.85. The summed E-state index contributed by atoms with van der Waals surface area (Å²) in [5.41, 5.74) is 1.49. The maximum Gasteiger partial charge on any atom is 0.337 e. The number of esters is 1. The third-order valence-corrected chi connectivity index (χ3v) is 5.88. The van der Waals surface area contributed by atoms with Crippen molar-refractivity contribution in [1.29, 1.82) is 0 Å². The molecule has 0 fully saturated rings. The highest BCUT2D eigenvalue weighted by Crippen LogP contribution is 2.37. The van der Waals surface area contributed by atoms with Crippen LogP contribution in [0.3, 0.4) is 0 Å². The second kappa shape index (κ2) is 8.32. The van der Waals surface area contributed by atoms with E-state index in [0.717, 1.165) is 18.1 Å². The number of aromatic nitrogens is 2. The zero-order valence-corrected chi connectivity index (χ0v) is 18.3. The van der Waals surface area contributed by atoms with Crippen LogP contribution in [0.15, 0.2) is 36.4 Å². The molecule has 0 N–H and O–H groups in total. The molecule has 0 atom stereocenters. The summed E-state index contributed by atoms with van der Waals surface area (Å²) >= 11 is 12.5. The molecule has 0 radical (unpaired) electrons. The standard InChI is InChI=1S/C22H18Cl2FN3O3/c1-27-10-4-5-14-19(13-9-8-12(11-17(13)25)22(30)31-2)26-28(20(14)27)21(29)18-15(23)6-3-7-16(18)24/h3,6-9,11H,4-5,10H2,1-2H3. The Kier molecular flexibility index (Phi) is 5.73. The number of anilines is 1. The number of rotatable bonds is 3. The molecule has 2 aromatic carbocycles. The molecule has 2 heterocycles. The molecule has 0 bridgehead atoms. The molecule has 4 rings (SSSR count). The highest BCUT2D eigenvalue weighted by molar-refractivity contribution is 6.39. The maximum absolute atomic E-state index is 15.0. The third-order valence-electron chi connectivity index (χ3n) is 5.25. The van der Waals surface area contributed by atoms with Crippen LogP contribution in [0.4, 0.5) is 10.2 Å². The fourth-order valence-electron chi connectivity index (χ4n) is 3.78. The quantitative estimate of drug-likeness (QED) is 0.521. The van der Waals surface area contributed by atoms with Crippen LogP contribution in [-0.2, 0) is 11.2 Å². The van der Waals surface area contributed by atoms with E-state index in [1.54, 1.807) is 18.2 Å². The minimum absolute atomic E-state index is 0.0908. The van der Waals surface area contributed by atoms with Gasteiger partial charge in [0, 0.05) is 24.7 Å². The van der Waals surface area contributed by atoms with Crippen molar-refractivity contribution < 1.29 is 18.7 Å². The Morgan fingerprint density at radius 2 is 1.87 bits per heavy atom. The van der Waals surface area contributed by atoms with E-state index in [9.17, 15) is 14.0 Å². The van der Waals surface area contributed by atoms with Gasteiger partial charge in [-0.1, -0.05) is 29.3 Å². The van der Waals surface area contributed by atoms with Gasteiger partial charge >= 0.3 is 5.97 Å². The monoisotopic (exact) mass is 461 g/mol. The van der Waals surface area contributed by atoms with Crippen LogP contribution in [0, 0.1) is 5.82 Å². The van der Waals surface area contributed by atoms with Crippen LogP contribution in [0.1, 0.15) is 32.7 Å². The van der Waals surface area contributed by atoms with E-state index in [-0.39, 0.29) is 26.7 Å². The number of nitrogens with zero attached hydrogens (tertiary/aromatic N) is 3. The zero-order valence-electron chi connectivity index (χ0n) is 16.8. The van der Waals surface area contributed by atoms with Crippen molar-refractivity contribution in [2.45, 2.75) is 12.8 Å². The molecule has 31 heavy (non-hydrogen) atoms. The van der Waals surface area contributed by atoms with Crippen LogP contribution in [0.2, 0.25) is 10.0 Å². The summed E-state index contributed by atoms with van der Waals surface area (Å²) in [5, 5.41) is 4.89. The number of benzene rings is 2. The van der Waals surface area contributed by atoms with E-state index in [0.29, 0.717) is 24.5 Å². The third kappa shape index (κ3) is 3.68. The molecule has 9 heteroatoms. The predicted molar refractivity (Wildman–Crippen MR) is 117 cm³/mol. The summed E-state index contributed by atoms with van der Waals surface area (Å²) in [6, 6.07) is 8.84. The van der Waals surface area contributed by atoms with Crippen LogP contribution in [-0.4, -0.2) is 42.4 Å². The molecule has 1 aliphatic heterocycles. The van der Waals surface area contributed by atoms with Crippen LogP contribution in [0.5, 0.6) is 0 Å². The minimum atomic E-state index is -0.638. The van der Waals surface area contributed by atoms with Gasteiger partial charge in [0.25, 0.3) is 5.91 Å². The Morgan fingerprint density at radius 1 is 1.16 bits per heavy atom. The van der Waals surface area contributed by atoms with Crippen molar-refractivity contribution in [2.75, 3.05) is 25.6 Å². The van der Waals surface area contributed by atoms with E-state index in [1.165, 1.54) is 23.9 Å². The molecule has 0 aliphatic carbocycles. The van der Waals surface area contributed by atoms with E-state index in [1.807, 2.05) is 11.9 Å². The summed E-state index contributed by atoms with van der Waals surface area (Å²) in [4.78, 5) is 27.0.